The van der Waals surface area contributed by atoms with E-state index in [1.165, 1.54) is 0 Å². The Kier molecular flexibility index (Phi) is 13.8. The van der Waals surface area contributed by atoms with Crippen LogP contribution in [-0.2, 0) is 19.0 Å². The highest BCUT2D eigenvalue weighted by atomic mass is 16.7. The number of aliphatic hydroxyl groups is 4. The molecule has 2 saturated heterocycles. The molecule has 7 atom stereocenters. The van der Waals surface area contributed by atoms with Crippen LogP contribution < -0.4 is 0 Å². The summed E-state index contributed by atoms with van der Waals surface area (Å²) in [6.07, 6.45) is -0.356. The Morgan fingerprint density at radius 3 is 2.31 bits per heavy atom. The average molecular weight is 464 g/mol. The molecule has 2 aliphatic rings. The Morgan fingerprint density at radius 2 is 1.75 bits per heavy atom. The number of rotatable bonds is 10. The maximum absolute atomic E-state index is 12.4. The third-order valence-corrected chi connectivity index (χ3v) is 5.75. The fraction of sp³-hybridized carbons (Fsp3) is 0.957. The molecular formula is C23H45NO8. The first-order chi connectivity index (χ1) is 15.2. The molecule has 0 aromatic heterocycles. The molecule has 2 fully saturated rings. The van der Waals surface area contributed by atoms with E-state index in [0.717, 1.165) is 25.2 Å². The molecule has 0 spiro atoms. The van der Waals surface area contributed by atoms with Crippen molar-refractivity contribution in [2.45, 2.75) is 96.5 Å². The molecule has 0 aromatic carbocycles. The van der Waals surface area contributed by atoms with E-state index in [0.29, 0.717) is 26.0 Å². The molecule has 2 heterocycles. The number of hydrogen-bond acceptors (Lipinski definition) is 8. The molecule has 9 nitrogen and oxygen atoms in total. The van der Waals surface area contributed by atoms with Crippen LogP contribution in [0.15, 0.2) is 0 Å². The number of methoxy groups -OCH3 is 1. The number of ether oxygens (including phenoxy) is 3. The monoisotopic (exact) mass is 463 g/mol. The summed E-state index contributed by atoms with van der Waals surface area (Å²) in [7, 11) is 1.62. The van der Waals surface area contributed by atoms with E-state index < -0.39 is 30.5 Å². The largest absolute Gasteiger partial charge is 0.394 e. The first kappa shape index (κ1) is 29.2. The number of hydrogen-bond donors (Lipinski definition) is 4. The van der Waals surface area contributed by atoms with Gasteiger partial charge in [-0.15, -0.1) is 0 Å². The van der Waals surface area contributed by atoms with Crippen LogP contribution in [0.2, 0.25) is 0 Å². The standard InChI is InChI=1S/C19H35NO8.C4H10/c1-12-17(24)18(25)15(11-22)28-19(12)27-7-5-3-4-6-16(23)20-9-14(26-2)8-13(20)10-21;1-4(2)3/h12-15,17-19,21-22,24-25H,3-11H2,1-2H3;4H,1-3H3/t12-,13-,14+,15?,17+,18-,19?;/m0./s1. The molecule has 0 aromatic rings. The van der Waals surface area contributed by atoms with Crippen molar-refractivity contribution in [2.24, 2.45) is 11.8 Å². The van der Waals surface area contributed by atoms with Gasteiger partial charge in [-0.1, -0.05) is 34.1 Å². The van der Waals surface area contributed by atoms with Gasteiger partial charge in [0.1, 0.15) is 12.2 Å². The van der Waals surface area contributed by atoms with Gasteiger partial charge in [0.25, 0.3) is 0 Å². The quantitative estimate of drug-likeness (QED) is 0.352. The van der Waals surface area contributed by atoms with Gasteiger partial charge in [-0.05, 0) is 25.2 Å². The third kappa shape index (κ3) is 9.21. The molecule has 0 aliphatic carbocycles. The minimum atomic E-state index is -1.13. The van der Waals surface area contributed by atoms with Gasteiger partial charge in [-0.2, -0.15) is 0 Å². The second-order valence-corrected chi connectivity index (χ2v) is 9.46. The van der Waals surface area contributed by atoms with Crippen molar-refractivity contribution >= 4 is 5.91 Å². The van der Waals surface area contributed by atoms with Crippen molar-refractivity contribution in [1.29, 1.82) is 0 Å². The maximum atomic E-state index is 12.4. The van der Waals surface area contributed by atoms with E-state index in [4.69, 9.17) is 14.2 Å². The zero-order valence-corrected chi connectivity index (χ0v) is 20.4. The number of unbranched alkanes of at least 4 members (excludes halogenated alkanes) is 2. The van der Waals surface area contributed by atoms with Gasteiger partial charge >= 0.3 is 0 Å². The molecule has 190 valence electrons. The number of aliphatic hydroxyl groups excluding tert-OH is 4. The van der Waals surface area contributed by atoms with E-state index in [1.54, 1.807) is 18.9 Å². The number of amides is 1. The van der Waals surface area contributed by atoms with Crippen LogP contribution >= 0.6 is 0 Å². The Bertz CT molecular complexity index is 515. The van der Waals surface area contributed by atoms with E-state index in [-0.39, 0.29) is 31.3 Å². The summed E-state index contributed by atoms with van der Waals surface area (Å²) in [6.45, 7) is 8.72. The molecular weight excluding hydrogens is 418 g/mol. The lowest BCUT2D eigenvalue weighted by Gasteiger charge is -2.40. The average Bonchev–Trinajstić information content (AvgIpc) is 3.19. The van der Waals surface area contributed by atoms with E-state index in [9.17, 15) is 25.2 Å². The highest BCUT2D eigenvalue weighted by Crippen LogP contribution is 2.27. The normalized spacial score (nSPS) is 32.7. The Labute approximate surface area is 192 Å². The molecule has 2 rings (SSSR count). The second-order valence-electron chi connectivity index (χ2n) is 9.46. The second kappa shape index (κ2) is 15.2. The van der Waals surface area contributed by atoms with Crippen LogP contribution in [-0.4, -0.2) is 101 Å². The van der Waals surface area contributed by atoms with Gasteiger partial charge in [0, 0.05) is 32.6 Å². The van der Waals surface area contributed by atoms with Crippen LogP contribution in [0.5, 0.6) is 0 Å². The summed E-state index contributed by atoms with van der Waals surface area (Å²) >= 11 is 0. The van der Waals surface area contributed by atoms with Gasteiger partial charge in [0.05, 0.1) is 31.5 Å². The zero-order valence-electron chi connectivity index (χ0n) is 20.4. The van der Waals surface area contributed by atoms with Crippen LogP contribution in [0.3, 0.4) is 0 Å². The third-order valence-electron chi connectivity index (χ3n) is 5.75. The topological polar surface area (TPSA) is 129 Å². The zero-order chi connectivity index (χ0) is 24.3. The SMILES string of the molecule is CC(C)C.CO[C@@H]1C[C@@H](CO)N(C(=O)CCCCCOC2OC(CO)[C@H](O)[C@H](O)[C@@H]2C)C1. The molecule has 2 aliphatic heterocycles. The fourth-order valence-corrected chi connectivity index (χ4v) is 3.83. The van der Waals surface area contributed by atoms with Crippen molar-refractivity contribution in [3.63, 3.8) is 0 Å². The highest BCUT2D eigenvalue weighted by Gasteiger charge is 2.42. The summed E-state index contributed by atoms with van der Waals surface area (Å²) < 4.78 is 16.5. The number of carbonyl (C=O) groups is 1. The van der Waals surface area contributed by atoms with Crippen LogP contribution in [0, 0.1) is 11.8 Å². The lowest BCUT2D eigenvalue weighted by Crippen LogP contribution is -2.55. The van der Waals surface area contributed by atoms with Gasteiger partial charge in [-0.3, -0.25) is 4.79 Å². The van der Waals surface area contributed by atoms with Gasteiger partial charge in [0.15, 0.2) is 6.29 Å². The van der Waals surface area contributed by atoms with Gasteiger partial charge in [0.2, 0.25) is 5.91 Å². The number of carbonyl (C=O) groups excluding carboxylic acids is 1. The first-order valence-corrected chi connectivity index (χ1v) is 11.8. The molecule has 1 amide bonds. The summed E-state index contributed by atoms with van der Waals surface area (Å²) in [5.74, 6) is 0.463. The van der Waals surface area contributed by atoms with Crippen molar-refractivity contribution in [2.75, 3.05) is 33.5 Å². The summed E-state index contributed by atoms with van der Waals surface area (Å²) in [6, 6.07) is -0.160. The van der Waals surface area contributed by atoms with Crippen molar-refractivity contribution < 1.29 is 39.4 Å². The molecule has 4 N–H and O–H groups in total. The smallest absolute Gasteiger partial charge is 0.222 e. The molecule has 0 saturated carbocycles. The van der Waals surface area contributed by atoms with E-state index in [2.05, 4.69) is 20.8 Å². The van der Waals surface area contributed by atoms with Crippen LogP contribution in [0.4, 0.5) is 0 Å². The van der Waals surface area contributed by atoms with Crippen molar-refractivity contribution in [1.82, 2.24) is 4.90 Å². The predicted octanol–water partition coefficient (Wildman–Crippen LogP) is 0.909. The maximum Gasteiger partial charge on any atom is 0.222 e. The predicted molar refractivity (Wildman–Crippen MR) is 120 cm³/mol. The van der Waals surface area contributed by atoms with Crippen molar-refractivity contribution in [3.8, 4) is 0 Å². The minimum absolute atomic E-state index is 0.0106. The minimum Gasteiger partial charge on any atom is -0.394 e. The molecule has 9 heteroatoms. The van der Waals surface area contributed by atoms with E-state index >= 15 is 0 Å². The first-order valence-electron chi connectivity index (χ1n) is 11.8. The fourth-order valence-electron chi connectivity index (χ4n) is 3.83. The van der Waals surface area contributed by atoms with Crippen LogP contribution in [0.25, 0.3) is 0 Å². The summed E-state index contributed by atoms with van der Waals surface area (Å²) in [4.78, 5) is 14.1. The molecule has 32 heavy (non-hydrogen) atoms. The van der Waals surface area contributed by atoms with Gasteiger partial charge in [-0.25, -0.2) is 0 Å². The summed E-state index contributed by atoms with van der Waals surface area (Å²) in [5, 5.41) is 38.5. The Morgan fingerprint density at radius 1 is 1.09 bits per heavy atom. The van der Waals surface area contributed by atoms with Crippen molar-refractivity contribution in [3.05, 3.63) is 0 Å². The molecule has 0 bridgehead atoms. The Hall–Kier alpha value is -0.810. The summed E-state index contributed by atoms with van der Waals surface area (Å²) in [5.41, 5.74) is 0. The van der Waals surface area contributed by atoms with Crippen LogP contribution in [0.1, 0.15) is 59.8 Å². The lowest BCUT2D eigenvalue weighted by atomic mass is 9.92. The number of nitrogens with zero attached hydrogens (tertiary/aromatic N) is 1. The lowest BCUT2D eigenvalue weighted by molar-refractivity contribution is -0.282. The highest BCUT2D eigenvalue weighted by molar-refractivity contribution is 5.76. The Balaban J connectivity index is 0.00000118. The molecule has 0 radical (unpaired) electrons. The van der Waals surface area contributed by atoms with E-state index in [1.807, 2.05) is 0 Å². The molecule has 2 unspecified atom stereocenters. The van der Waals surface area contributed by atoms with Gasteiger partial charge < -0.3 is 39.5 Å². The number of likely N-dealkylation sites (tertiary alicyclic amines) is 1.